The lowest BCUT2D eigenvalue weighted by Gasteiger charge is -2.14. The minimum absolute atomic E-state index is 0.0213. The summed E-state index contributed by atoms with van der Waals surface area (Å²) in [6.07, 6.45) is 5.46. The largest absolute Gasteiger partial charge is 0.393 e. The highest BCUT2D eigenvalue weighted by molar-refractivity contribution is 6.01. The minimum Gasteiger partial charge on any atom is -0.393 e. The predicted molar refractivity (Wildman–Crippen MR) is 83.2 cm³/mol. The molecule has 1 aromatic carbocycles. The van der Waals surface area contributed by atoms with E-state index < -0.39 is 4.92 Å². The predicted octanol–water partition coefficient (Wildman–Crippen LogP) is 3.27. The van der Waals surface area contributed by atoms with E-state index in [-0.39, 0.29) is 28.9 Å². The molecular formula is C15H23N3O3. The van der Waals surface area contributed by atoms with Crippen LogP contribution in [-0.2, 0) is 0 Å². The molecule has 0 saturated carbocycles. The molecule has 116 valence electrons. The molecule has 0 heterocycles. The molecule has 1 amide bonds. The Morgan fingerprint density at radius 2 is 2.10 bits per heavy atom. The molecule has 0 spiro atoms. The Balaban J connectivity index is 2.63. The summed E-state index contributed by atoms with van der Waals surface area (Å²) in [5.74, 6) is -0.362. The Morgan fingerprint density at radius 1 is 1.38 bits per heavy atom. The molecule has 0 radical (unpaired) electrons. The van der Waals surface area contributed by atoms with E-state index in [9.17, 15) is 14.9 Å². The second kappa shape index (κ2) is 8.24. The zero-order valence-corrected chi connectivity index (χ0v) is 12.6. The van der Waals surface area contributed by atoms with Crippen molar-refractivity contribution in [3.05, 3.63) is 33.9 Å². The average Bonchev–Trinajstić information content (AvgIpc) is 2.43. The molecule has 0 aliphatic rings. The molecule has 0 fully saturated rings. The van der Waals surface area contributed by atoms with Crippen LogP contribution < -0.4 is 11.1 Å². The number of rotatable bonds is 8. The van der Waals surface area contributed by atoms with Crippen molar-refractivity contribution in [3.63, 3.8) is 0 Å². The van der Waals surface area contributed by atoms with Gasteiger partial charge in [0.25, 0.3) is 11.6 Å². The van der Waals surface area contributed by atoms with Crippen molar-refractivity contribution >= 4 is 17.3 Å². The molecule has 0 aliphatic carbocycles. The van der Waals surface area contributed by atoms with Crippen molar-refractivity contribution in [2.75, 3.05) is 5.73 Å². The van der Waals surface area contributed by atoms with E-state index in [1.54, 1.807) is 0 Å². The number of carbonyl (C=O) groups excluding carboxylic acids is 1. The Bertz CT molecular complexity index is 503. The number of nitro groups is 1. The van der Waals surface area contributed by atoms with Crippen molar-refractivity contribution in [2.45, 2.75) is 52.0 Å². The smallest absolute Gasteiger partial charge is 0.292 e. The normalized spacial score (nSPS) is 11.9. The zero-order chi connectivity index (χ0) is 15.8. The van der Waals surface area contributed by atoms with Gasteiger partial charge in [-0.3, -0.25) is 14.9 Å². The van der Waals surface area contributed by atoms with Crippen molar-refractivity contribution in [1.29, 1.82) is 0 Å². The summed E-state index contributed by atoms with van der Waals surface area (Å²) < 4.78 is 0. The van der Waals surface area contributed by atoms with Crippen LogP contribution in [-0.4, -0.2) is 16.9 Å². The third kappa shape index (κ3) is 5.06. The first kappa shape index (κ1) is 16.9. The van der Waals surface area contributed by atoms with E-state index in [2.05, 4.69) is 12.2 Å². The monoisotopic (exact) mass is 293 g/mol. The standard InChI is InChI=1S/C15H23N3O3/c1-3-4-5-6-8-11(2)17-15(19)12-9-7-10-13(14(12)16)18(20)21/h7,9-11H,3-6,8,16H2,1-2H3,(H,17,19). The highest BCUT2D eigenvalue weighted by atomic mass is 16.6. The summed E-state index contributed by atoms with van der Waals surface area (Å²) >= 11 is 0. The fourth-order valence-electron chi connectivity index (χ4n) is 2.16. The summed E-state index contributed by atoms with van der Waals surface area (Å²) in [6.45, 7) is 4.08. The maximum atomic E-state index is 12.1. The fourth-order valence-corrected chi connectivity index (χ4v) is 2.16. The number of nitrogens with one attached hydrogen (secondary N) is 1. The minimum atomic E-state index is -0.583. The molecule has 6 heteroatoms. The number of unbranched alkanes of at least 4 members (excludes halogenated alkanes) is 3. The van der Waals surface area contributed by atoms with Gasteiger partial charge in [-0.15, -0.1) is 0 Å². The van der Waals surface area contributed by atoms with Crippen LogP contribution in [0.3, 0.4) is 0 Å². The molecule has 1 rings (SSSR count). The highest BCUT2D eigenvalue weighted by Gasteiger charge is 2.19. The topological polar surface area (TPSA) is 98.3 Å². The van der Waals surface area contributed by atoms with Gasteiger partial charge in [0.2, 0.25) is 0 Å². The van der Waals surface area contributed by atoms with E-state index in [1.165, 1.54) is 31.0 Å². The number of para-hydroxylation sites is 1. The van der Waals surface area contributed by atoms with E-state index in [4.69, 9.17) is 5.73 Å². The number of nitrogens with zero attached hydrogens (tertiary/aromatic N) is 1. The third-order valence-electron chi connectivity index (χ3n) is 3.39. The number of hydrogen-bond donors (Lipinski definition) is 2. The molecular weight excluding hydrogens is 270 g/mol. The van der Waals surface area contributed by atoms with Crippen LogP contribution in [0.1, 0.15) is 56.3 Å². The number of nitrogen functional groups attached to an aromatic ring is 1. The number of nitro benzene ring substituents is 1. The number of anilines is 1. The first-order chi connectivity index (χ1) is 9.97. The summed E-state index contributed by atoms with van der Waals surface area (Å²) in [6, 6.07) is 4.28. The van der Waals surface area contributed by atoms with Crippen LogP contribution in [0.2, 0.25) is 0 Å². The maximum absolute atomic E-state index is 12.1. The van der Waals surface area contributed by atoms with E-state index in [1.807, 2.05) is 6.92 Å². The van der Waals surface area contributed by atoms with Gasteiger partial charge in [0.1, 0.15) is 5.69 Å². The lowest BCUT2D eigenvalue weighted by molar-refractivity contribution is -0.383. The van der Waals surface area contributed by atoms with Crippen LogP contribution in [0, 0.1) is 10.1 Å². The van der Waals surface area contributed by atoms with Crippen molar-refractivity contribution in [1.82, 2.24) is 5.32 Å². The number of nitrogens with two attached hydrogens (primary N) is 1. The van der Waals surface area contributed by atoms with Gasteiger partial charge in [-0.05, 0) is 19.4 Å². The summed E-state index contributed by atoms with van der Waals surface area (Å²) in [7, 11) is 0. The lowest BCUT2D eigenvalue weighted by atomic mass is 10.1. The van der Waals surface area contributed by atoms with Gasteiger partial charge in [-0.25, -0.2) is 0 Å². The Morgan fingerprint density at radius 3 is 2.71 bits per heavy atom. The maximum Gasteiger partial charge on any atom is 0.292 e. The summed E-state index contributed by atoms with van der Waals surface area (Å²) in [5, 5.41) is 13.7. The van der Waals surface area contributed by atoms with E-state index in [0.717, 1.165) is 19.3 Å². The summed E-state index contributed by atoms with van der Waals surface area (Å²) in [4.78, 5) is 22.4. The van der Waals surface area contributed by atoms with Gasteiger partial charge in [-0.1, -0.05) is 38.7 Å². The van der Waals surface area contributed by atoms with Crippen LogP contribution in [0.4, 0.5) is 11.4 Å². The van der Waals surface area contributed by atoms with Gasteiger partial charge >= 0.3 is 0 Å². The first-order valence-corrected chi connectivity index (χ1v) is 7.31. The number of amides is 1. The second-order valence-corrected chi connectivity index (χ2v) is 5.22. The van der Waals surface area contributed by atoms with Crippen molar-refractivity contribution in [3.8, 4) is 0 Å². The molecule has 0 aliphatic heterocycles. The van der Waals surface area contributed by atoms with Crippen LogP contribution in [0.15, 0.2) is 18.2 Å². The molecule has 21 heavy (non-hydrogen) atoms. The molecule has 3 N–H and O–H groups in total. The zero-order valence-electron chi connectivity index (χ0n) is 12.6. The number of benzene rings is 1. The van der Waals surface area contributed by atoms with Crippen molar-refractivity contribution < 1.29 is 9.72 Å². The van der Waals surface area contributed by atoms with E-state index >= 15 is 0 Å². The third-order valence-corrected chi connectivity index (χ3v) is 3.39. The molecule has 0 bridgehead atoms. The van der Waals surface area contributed by atoms with Crippen LogP contribution in [0.5, 0.6) is 0 Å². The Kier molecular flexibility index (Phi) is 6.65. The van der Waals surface area contributed by atoms with Gasteiger partial charge in [0.15, 0.2) is 0 Å². The molecule has 1 atom stereocenters. The Labute approximate surface area is 124 Å². The molecule has 1 aromatic rings. The molecule has 6 nitrogen and oxygen atoms in total. The number of carbonyl (C=O) groups is 1. The molecule has 0 aromatic heterocycles. The molecule has 0 saturated heterocycles. The Hall–Kier alpha value is -2.11. The van der Waals surface area contributed by atoms with Gasteiger partial charge in [0, 0.05) is 12.1 Å². The lowest BCUT2D eigenvalue weighted by Crippen LogP contribution is -2.33. The van der Waals surface area contributed by atoms with Crippen LogP contribution >= 0.6 is 0 Å². The van der Waals surface area contributed by atoms with Crippen molar-refractivity contribution in [2.24, 2.45) is 0 Å². The fraction of sp³-hybridized carbons (Fsp3) is 0.533. The second-order valence-electron chi connectivity index (χ2n) is 5.22. The quantitative estimate of drug-likeness (QED) is 0.332. The van der Waals surface area contributed by atoms with E-state index in [0.29, 0.717) is 0 Å². The highest BCUT2D eigenvalue weighted by Crippen LogP contribution is 2.24. The number of hydrogen-bond acceptors (Lipinski definition) is 4. The van der Waals surface area contributed by atoms with Gasteiger partial charge in [0.05, 0.1) is 10.5 Å². The molecule has 1 unspecified atom stereocenters. The average molecular weight is 293 g/mol. The SMILES string of the molecule is CCCCCCC(C)NC(=O)c1cccc([N+](=O)[O-])c1N. The van der Waals surface area contributed by atoms with Crippen LogP contribution in [0.25, 0.3) is 0 Å². The first-order valence-electron chi connectivity index (χ1n) is 7.31. The summed E-state index contributed by atoms with van der Waals surface area (Å²) in [5.41, 5.74) is 5.53. The van der Waals surface area contributed by atoms with Gasteiger partial charge in [-0.2, -0.15) is 0 Å². The van der Waals surface area contributed by atoms with Gasteiger partial charge < -0.3 is 11.1 Å².